The van der Waals surface area contributed by atoms with Crippen LogP contribution in [0, 0.1) is 12.8 Å². The highest BCUT2D eigenvalue weighted by Gasteiger charge is 2.24. The fourth-order valence-corrected chi connectivity index (χ4v) is 4.61. The molecule has 0 aliphatic carbocycles. The van der Waals surface area contributed by atoms with E-state index in [9.17, 15) is 9.59 Å². The van der Waals surface area contributed by atoms with Crippen LogP contribution in [0.5, 0.6) is 5.75 Å². The zero-order valence-corrected chi connectivity index (χ0v) is 20.5. The van der Waals surface area contributed by atoms with Crippen LogP contribution in [0.15, 0.2) is 34.8 Å². The van der Waals surface area contributed by atoms with E-state index in [-0.39, 0.29) is 17.7 Å². The summed E-state index contributed by atoms with van der Waals surface area (Å²) in [5.74, 6) is 0.454. The lowest BCUT2D eigenvalue weighted by molar-refractivity contribution is -0.134. The van der Waals surface area contributed by atoms with E-state index in [2.05, 4.69) is 26.1 Å². The van der Waals surface area contributed by atoms with E-state index in [0.717, 1.165) is 28.8 Å². The van der Waals surface area contributed by atoms with Gasteiger partial charge in [0.1, 0.15) is 5.75 Å². The molecule has 2 amide bonds. The van der Waals surface area contributed by atoms with Crippen molar-refractivity contribution in [2.75, 3.05) is 43.5 Å². The standard InChI is InChI=1S/C23H27BrClN3O3/c1-14(2)23(30)28-9-7-27(8-10-28)20-6-5-17(13-19(20)25)26-22(29)18-12-16(24)11-15(3)21(18)31-4/h5-6,11-14H,7-10H2,1-4H3,(H,26,29). The molecular formula is C23H27BrClN3O3. The maximum Gasteiger partial charge on any atom is 0.259 e. The first-order chi connectivity index (χ1) is 14.7. The van der Waals surface area contributed by atoms with Gasteiger partial charge in [0.2, 0.25) is 5.91 Å². The fraction of sp³-hybridized carbons (Fsp3) is 0.391. The van der Waals surface area contributed by atoms with E-state index in [1.807, 2.05) is 43.9 Å². The van der Waals surface area contributed by atoms with Gasteiger partial charge in [0.15, 0.2) is 0 Å². The minimum absolute atomic E-state index is 0.00526. The number of piperazine rings is 1. The van der Waals surface area contributed by atoms with Gasteiger partial charge in [-0.3, -0.25) is 9.59 Å². The summed E-state index contributed by atoms with van der Waals surface area (Å²) in [6.07, 6.45) is 0. The molecule has 1 aliphatic rings. The molecule has 166 valence electrons. The third kappa shape index (κ3) is 5.33. The number of anilines is 2. The molecule has 3 rings (SSSR count). The minimum Gasteiger partial charge on any atom is -0.496 e. The summed E-state index contributed by atoms with van der Waals surface area (Å²) in [7, 11) is 1.55. The first-order valence-corrected chi connectivity index (χ1v) is 11.4. The second kappa shape index (κ2) is 9.92. The first-order valence-electron chi connectivity index (χ1n) is 10.2. The summed E-state index contributed by atoms with van der Waals surface area (Å²) >= 11 is 9.97. The van der Waals surface area contributed by atoms with E-state index >= 15 is 0 Å². The molecule has 0 saturated carbocycles. The van der Waals surface area contributed by atoms with Crippen molar-refractivity contribution in [3.05, 3.63) is 51.0 Å². The maximum absolute atomic E-state index is 12.8. The number of carbonyl (C=O) groups excluding carboxylic acids is 2. The van der Waals surface area contributed by atoms with Gasteiger partial charge in [-0.2, -0.15) is 0 Å². The molecule has 0 radical (unpaired) electrons. The van der Waals surface area contributed by atoms with Gasteiger partial charge in [-0.1, -0.05) is 41.4 Å². The third-order valence-corrected chi connectivity index (χ3v) is 6.08. The number of halogens is 2. The maximum atomic E-state index is 12.8. The van der Waals surface area contributed by atoms with Crippen LogP contribution in [0.25, 0.3) is 0 Å². The van der Waals surface area contributed by atoms with Crippen LogP contribution in [0.4, 0.5) is 11.4 Å². The molecule has 6 nitrogen and oxygen atoms in total. The van der Waals surface area contributed by atoms with Gasteiger partial charge in [-0.25, -0.2) is 0 Å². The summed E-state index contributed by atoms with van der Waals surface area (Å²) in [5.41, 5.74) is 2.81. The molecule has 1 aliphatic heterocycles. The third-order valence-electron chi connectivity index (χ3n) is 5.32. The van der Waals surface area contributed by atoms with Crippen LogP contribution in [-0.2, 0) is 4.79 Å². The lowest BCUT2D eigenvalue weighted by Gasteiger charge is -2.37. The molecule has 1 heterocycles. The van der Waals surface area contributed by atoms with Gasteiger partial charge in [0, 0.05) is 42.3 Å². The van der Waals surface area contributed by atoms with Gasteiger partial charge in [-0.05, 0) is 42.8 Å². The van der Waals surface area contributed by atoms with E-state index in [1.165, 1.54) is 0 Å². The number of nitrogens with zero attached hydrogens (tertiary/aromatic N) is 2. The Morgan fingerprint density at radius 3 is 2.39 bits per heavy atom. The molecule has 1 fully saturated rings. The Bertz CT molecular complexity index is 988. The van der Waals surface area contributed by atoms with E-state index in [1.54, 1.807) is 19.2 Å². The summed E-state index contributed by atoms with van der Waals surface area (Å²) in [6.45, 7) is 8.52. The van der Waals surface area contributed by atoms with Gasteiger partial charge in [-0.15, -0.1) is 0 Å². The summed E-state index contributed by atoms with van der Waals surface area (Å²) < 4.78 is 6.21. The van der Waals surface area contributed by atoms with Crippen molar-refractivity contribution in [2.24, 2.45) is 5.92 Å². The SMILES string of the molecule is COc1c(C)cc(Br)cc1C(=O)Nc1ccc(N2CCN(C(=O)C(C)C)CC2)c(Cl)c1. The number of benzene rings is 2. The van der Waals surface area contributed by atoms with E-state index in [0.29, 0.717) is 35.1 Å². The first kappa shape index (κ1) is 23.4. The molecule has 2 aromatic rings. The van der Waals surface area contributed by atoms with Crippen molar-refractivity contribution in [1.82, 2.24) is 4.90 Å². The summed E-state index contributed by atoms with van der Waals surface area (Å²) in [6, 6.07) is 9.12. The number of amides is 2. The minimum atomic E-state index is -0.272. The molecule has 0 aromatic heterocycles. The molecular weight excluding hydrogens is 482 g/mol. The van der Waals surface area contributed by atoms with Gasteiger partial charge in [0.25, 0.3) is 5.91 Å². The van der Waals surface area contributed by atoms with E-state index < -0.39 is 0 Å². The van der Waals surface area contributed by atoms with E-state index in [4.69, 9.17) is 16.3 Å². The quantitative estimate of drug-likeness (QED) is 0.619. The van der Waals surface area contributed by atoms with Crippen LogP contribution < -0.4 is 15.0 Å². The Morgan fingerprint density at radius 1 is 1.13 bits per heavy atom. The number of ether oxygens (including phenoxy) is 1. The highest BCUT2D eigenvalue weighted by atomic mass is 79.9. The smallest absolute Gasteiger partial charge is 0.259 e. The molecule has 0 spiro atoms. The van der Waals surface area contributed by atoms with Gasteiger partial charge >= 0.3 is 0 Å². The molecule has 0 bridgehead atoms. The number of nitrogens with one attached hydrogen (secondary N) is 1. The Morgan fingerprint density at radius 2 is 1.81 bits per heavy atom. The number of hydrogen-bond acceptors (Lipinski definition) is 4. The second-order valence-corrected chi connectivity index (χ2v) is 9.21. The monoisotopic (exact) mass is 507 g/mol. The fourth-order valence-electron chi connectivity index (χ4n) is 3.74. The van der Waals surface area contributed by atoms with Crippen molar-refractivity contribution >= 4 is 50.7 Å². The largest absolute Gasteiger partial charge is 0.496 e. The van der Waals surface area contributed by atoms with Crippen LogP contribution in [0.2, 0.25) is 5.02 Å². The molecule has 0 unspecified atom stereocenters. The average Bonchev–Trinajstić information content (AvgIpc) is 2.73. The zero-order chi connectivity index (χ0) is 22.7. The van der Waals surface area contributed by atoms with Crippen LogP contribution in [-0.4, -0.2) is 50.0 Å². The van der Waals surface area contributed by atoms with Crippen molar-refractivity contribution in [3.63, 3.8) is 0 Å². The summed E-state index contributed by atoms with van der Waals surface area (Å²) in [4.78, 5) is 29.1. The Kier molecular flexibility index (Phi) is 7.49. The average molecular weight is 509 g/mol. The van der Waals surface area contributed by atoms with Gasteiger partial charge < -0.3 is 19.9 Å². The van der Waals surface area contributed by atoms with Crippen LogP contribution in [0.3, 0.4) is 0 Å². The number of carbonyl (C=O) groups is 2. The highest BCUT2D eigenvalue weighted by Crippen LogP contribution is 2.32. The normalized spacial score (nSPS) is 14.0. The number of methoxy groups -OCH3 is 1. The zero-order valence-electron chi connectivity index (χ0n) is 18.2. The lowest BCUT2D eigenvalue weighted by Crippen LogP contribution is -2.50. The van der Waals surface area contributed by atoms with Crippen LogP contribution >= 0.6 is 27.5 Å². The number of rotatable bonds is 5. The predicted octanol–water partition coefficient (Wildman–Crippen LogP) is 4.98. The molecule has 2 aromatic carbocycles. The molecule has 0 atom stereocenters. The molecule has 1 saturated heterocycles. The molecule has 31 heavy (non-hydrogen) atoms. The Balaban J connectivity index is 1.71. The molecule has 1 N–H and O–H groups in total. The van der Waals surface area contributed by atoms with Crippen LogP contribution in [0.1, 0.15) is 29.8 Å². The van der Waals surface area contributed by atoms with Crippen molar-refractivity contribution in [3.8, 4) is 5.75 Å². The second-order valence-electron chi connectivity index (χ2n) is 7.89. The molecule has 8 heteroatoms. The Hall–Kier alpha value is -2.25. The van der Waals surface area contributed by atoms with Gasteiger partial charge in [0.05, 0.1) is 23.4 Å². The topological polar surface area (TPSA) is 61.9 Å². The number of hydrogen-bond donors (Lipinski definition) is 1. The van der Waals surface area contributed by atoms with Crippen molar-refractivity contribution in [1.29, 1.82) is 0 Å². The predicted molar refractivity (Wildman–Crippen MR) is 128 cm³/mol. The highest BCUT2D eigenvalue weighted by molar-refractivity contribution is 9.10. The number of aryl methyl sites for hydroxylation is 1. The van der Waals surface area contributed by atoms with Crippen molar-refractivity contribution in [2.45, 2.75) is 20.8 Å². The van der Waals surface area contributed by atoms with Crippen molar-refractivity contribution < 1.29 is 14.3 Å². The summed E-state index contributed by atoms with van der Waals surface area (Å²) in [5, 5.41) is 3.45. The Labute approximate surface area is 196 Å². The lowest BCUT2D eigenvalue weighted by atomic mass is 10.1.